The van der Waals surface area contributed by atoms with E-state index in [-0.39, 0.29) is 19.0 Å². The number of hydrogen-bond acceptors (Lipinski definition) is 3. The maximum Gasteiger partial charge on any atom is 0.281 e. The van der Waals surface area contributed by atoms with Gasteiger partial charge in [0.25, 0.3) is 11.8 Å². The first-order valence-corrected chi connectivity index (χ1v) is 10.1. The fourth-order valence-corrected chi connectivity index (χ4v) is 3.88. The number of carbonyl (C=O) groups excluding carboxylic acids is 1. The predicted molar refractivity (Wildman–Crippen MR) is 119 cm³/mol. The second kappa shape index (κ2) is 8.37. The van der Waals surface area contributed by atoms with Crippen LogP contribution in [0, 0.1) is 19.3 Å². The van der Waals surface area contributed by atoms with Crippen LogP contribution in [-0.4, -0.2) is 31.0 Å². The average molecular weight is 419 g/mol. The molecule has 0 bridgehead atoms. The van der Waals surface area contributed by atoms with Gasteiger partial charge < -0.3 is 16.0 Å². The summed E-state index contributed by atoms with van der Waals surface area (Å²) in [5.74, 6) is -0.411. The van der Waals surface area contributed by atoms with E-state index in [1.807, 2.05) is 43.3 Å². The molecule has 1 aliphatic heterocycles. The average Bonchev–Trinajstić information content (AvgIpc) is 3.10. The number of halogens is 2. The van der Waals surface area contributed by atoms with E-state index >= 15 is 0 Å². The minimum absolute atomic E-state index is 0.170. The highest BCUT2D eigenvalue weighted by Gasteiger charge is 2.43. The number of alkyl halides is 2. The number of nitrogens with one attached hydrogen (secondary N) is 3. The summed E-state index contributed by atoms with van der Waals surface area (Å²) in [7, 11) is 0. The first-order valence-electron chi connectivity index (χ1n) is 10.1. The molecule has 0 saturated carbocycles. The van der Waals surface area contributed by atoms with Crippen LogP contribution in [0.5, 0.6) is 0 Å². The van der Waals surface area contributed by atoms with Gasteiger partial charge in [0, 0.05) is 29.9 Å². The lowest BCUT2D eigenvalue weighted by Crippen LogP contribution is -2.38. The summed E-state index contributed by atoms with van der Waals surface area (Å²) in [4.78, 5) is 12.9. The summed E-state index contributed by atoms with van der Waals surface area (Å²) in [6, 6.07) is 15.7. The largest absolute Gasteiger partial charge is 0.375 e. The van der Waals surface area contributed by atoms with Crippen LogP contribution < -0.4 is 16.0 Å². The van der Waals surface area contributed by atoms with E-state index < -0.39 is 12.0 Å². The summed E-state index contributed by atoms with van der Waals surface area (Å²) < 4.78 is 27.8. The minimum atomic E-state index is -2.83. The van der Waals surface area contributed by atoms with Gasteiger partial charge in [-0.05, 0) is 47.0 Å². The zero-order valence-corrected chi connectivity index (χ0v) is 17.1. The summed E-state index contributed by atoms with van der Waals surface area (Å²) in [5.41, 5.74) is 3.47. The zero-order chi connectivity index (χ0) is 22.0. The molecule has 0 aliphatic carbocycles. The molecule has 4 rings (SSSR count). The van der Waals surface area contributed by atoms with Crippen LogP contribution in [0.1, 0.15) is 27.0 Å². The number of amides is 1. The van der Waals surface area contributed by atoms with Gasteiger partial charge in [-0.25, -0.2) is 8.78 Å². The Balaban J connectivity index is 1.52. The molecule has 3 aromatic carbocycles. The van der Waals surface area contributed by atoms with Crippen molar-refractivity contribution in [3.8, 4) is 12.3 Å². The van der Waals surface area contributed by atoms with E-state index in [0.717, 1.165) is 27.5 Å². The van der Waals surface area contributed by atoms with Crippen LogP contribution >= 0.6 is 0 Å². The van der Waals surface area contributed by atoms with Gasteiger partial charge in [0.2, 0.25) is 0 Å². The van der Waals surface area contributed by atoms with Crippen molar-refractivity contribution >= 4 is 22.4 Å². The molecule has 158 valence electrons. The van der Waals surface area contributed by atoms with Crippen LogP contribution in [0.4, 0.5) is 14.5 Å². The highest BCUT2D eigenvalue weighted by Crippen LogP contribution is 2.27. The Morgan fingerprint density at radius 2 is 1.97 bits per heavy atom. The lowest BCUT2D eigenvalue weighted by Gasteiger charge is -2.21. The van der Waals surface area contributed by atoms with E-state index in [0.29, 0.717) is 17.8 Å². The molecule has 1 aliphatic rings. The summed E-state index contributed by atoms with van der Waals surface area (Å²) in [6.07, 6.45) is 5.59. The summed E-state index contributed by atoms with van der Waals surface area (Å²) in [5, 5.41) is 10.4. The van der Waals surface area contributed by atoms with Crippen molar-refractivity contribution in [2.75, 3.05) is 18.4 Å². The number of rotatable bonds is 5. The van der Waals surface area contributed by atoms with E-state index in [2.05, 4.69) is 21.9 Å². The second-order valence-electron chi connectivity index (χ2n) is 7.76. The first-order chi connectivity index (χ1) is 14.9. The topological polar surface area (TPSA) is 53.2 Å². The Morgan fingerprint density at radius 3 is 2.68 bits per heavy atom. The molecule has 1 fully saturated rings. The van der Waals surface area contributed by atoms with Crippen LogP contribution in [-0.2, 0) is 6.54 Å². The van der Waals surface area contributed by atoms with Crippen molar-refractivity contribution in [2.45, 2.75) is 25.4 Å². The van der Waals surface area contributed by atoms with E-state index in [1.165, 1.54) is 0 Å². The molecule has 0 aromatic heterocycles. The molecule has 31 heavy (non-hydrogen) atoms. The lowest BCUT2D eigenvalue weighted by molar-refractivity contribution is 0.0139. The van der Waals surface area contributed by atoms with Gasteiger partial charge >= 0.3 is 0 Å². The molecular weight excluding hydrogens is 396 g/mol. The Bertz CT molecular complexity index is 1180. The molecule has 4 nitrogen and oxygen atoms in total. The molecule has 6 heteroatoms. The highest BCUT2D eigenvalue weighted by molar-refractivity contribution is 5.97. The van der Waals surface area contributed by atoms with Crippen molar-refractivity contribution in [1.29, 1.82) is 0 Å². The summed E-state index contributed by atoms with van der Waals surface area (Å²) >= 11 is 0. The van der Waals surface area contributed by atoms with Gasteiger partial charge in [0.15, 0.2) is 0 Å². The third kappa shape index (κ3) is 4.23. The van der Waals surface area contributed by atoms with E-state index in [1.54, 1.807) is 18.2 Å². The Labute approximate surface area is 180 Å². The van der Waals surface area contributed by atoms with Crippen LogP contribution in [0.15, 0.2) is 54.6 Å². The number of benzene rings is 3. The zero-order valence-electron chi connectivity index (χ0n) is 17.1. The van der Waals surface area contributed by atoms with Gasteiger partial charge in [0.05, 0.1) is 6.54 Å². The maximum absolute atomic E-state index is 13.9. The standard InChI is InChI=1S/C25H23F2N3O/c1-3-17-9-10-18(21-7-5-4-6-20(17)21)13-29-24(31)22-12-19(11-8-16(22)2)30-23-14-28-15-25(23,26)27/h1,4-12,23,28,30H,13-15H2,2H3,(H,29,31). The monoisotopic (exact) mass is 419 g/mol. The molecule has 0 radical (unpaired) electrons. The first kappa shape index (κ1) is 20.8. The van der Waals surface area contributed by atoms with Crippen LogP contribution in [0.25, 0.3) is 10.8 Å². The van der Waals surface area contributed by atoms with Gasteiger partial charge in [-0.15, -0.1) is 6.42 Å². The van der Waals surface area contributed by atoms with Gasteiger partial charge in [0.1, 0.15) is 6.04 Å². The molecule has 1 saturated heterocycles. The van der Waals surface area contributed by atoms with Crippen molar-refractivity contribution in [3.05, 3.63) is 76.9 Å². The van der Waals surface area contributed by atoms with Gasteiger partial charge in [-0.2, -0.15) is 0 Å². The van der Waals surface area contributed by atoms with Gasteiger partial charge in [-0.1, -0.05) is 42.3 Å². The van der Waals surface area contributed by atoms with Crippen molar-refractivity contribution < 1.29 is 13.6 Å². The highest BCUT2D eigenvalue weighted by atomic mass is 19.3. The molecular formula is C25H23F2N3O. The summed E-state index contributed by atoms with van der Waals surface area (Å²) in [6.45, 7) is 1.97. The molecule has 1 unspecified atom stereocenters. The van der Waals surface area contributed by atoms with Crippen LogP contribution in [0.3, 0.4) is 0 Å². The number of anilines is 1. The Hall–Kier alpha value is -3.43. The molecule has 1 atom stereocenters. The maximum atomic E-state index is 13.9. The van der Waals surface area contributed by atoms with Gasteiger partial charge in [-0.3, -0.25) is 4.79 Å². The second-order valence-corrected chi connectivity index (χ2v) is 7.76. The Kier molecular flexibility index (Phi) is 5.62. The fourth-order valence-electron chi connectivity index (χ4n) is 3.88. The van der Waals surface area contributed by atoms with Crippen molar-refractivity contribution in [2.24, 2.45) is 0 Å². The van der Waals surface area contributed by atoms with Crippen molar-refractivity contribution in [3.63, 3.8) is 0 Å². The van der Waals surface area contributed by atoms with Crippen LogP contribution in [0.2, 0.25) is 0 Å². The SMILES string of the molecule is C#Cc1ccc(CNC(=O)c2cc(NC3CNCC3(F)F)ccc2C)c2ccccc12. The number of fused-ring (bicyclic) bond motifs is 1. The number of carbonyl (C=O) groups is 1. The predicted octanol–water partition coefficient (Wildman–Crippen LogP) is 4.08. The molecule has 1 heterocycles. The number of terminal acetylenes is 1. The molecule has 0 spiro atoms. The Morgan fingerprint density at radius 1 is 1.19 bits per heavy atom. The third-order valence-electron chi connectivity index (χ3n) is 5.65. The number of aryl methyl sites for hydroxylation is 1. The molecule has 3 aromatic rings. The fraction of sp³-hybridized carbons (Fsp3) is 0.240. The van der Waals surface area contributed by atoms with E-state index in [9.17, 15) is 13.6 Å². The lowest BCUT2D eigenvalue weighted by atomic mass is 9.99. The quantitative estimate of drug-likeness (QED) is 0.547. The third-order valence-corrected chi connectivity index (χ3v) is 5.65. The normalized spacial score (nSPS) is 17.3. The minimum Gasteiger partial charge on any atom is -0.375 e. The smallest absolute Gasteiger partial charge is 0.281 e. The van der Waals surface area contributed by atoms with E-state index in [4.69, 9.17) is 6.42 Å². The molecule has 3 N–H and O–H groups in total. The molecule has 1 amide bonds. The van der Waals surface area contributed by atoms with Crippen molar-refractivity contribution in [1.82, 2.24) is 10.6 Å². The number of hydrogen-bond donors (Lipinski definition) is 3.